The van der Waals surface area contributed by atoms with E-state index in [1.165, 1.54) is 0 Å². The van der Waals surface area contributed by atoms with E-state index in [0.717, 1.165) is 58.3 Å². The van der Waals surface area contributed by atoms with Gasteiger partial charge >= 0.3 is 0 Å². The van der Waals surface area contributed by atoms with Crippen molar-refractivity contribution in [3.63, 3.8) is 0 Å². The zero-order chi connectivity index (χ0) is 29.6. The average Bonchev–Trinajstić information content (AvgIpc) is 3.29. The summed E-state index contributed by atoms with van der Waals surface area (Å²) in [6.07, 6.45) is 5.44. The second-order valence-electron chi connectivity index (χ2n) is 10.9. The second kappa shape index (κ2) is 11.4. The molecule has 7 nitrogen and oxygen atoms in total. The van der Waals surface area contributed by atoms with Crippen molar-refractivity contribution >= 4 is 75.2 Å². The molecule has 216 valence electrons. The first kappa shape index (κ1) is 28.8. The van der Waals surface area contributed by atoms with Crippen molar-refractivity contribution in [1.29, 1.82) is 0 Å². The van der Waals surface area contributed by atoms with Gasteiger partial charge in [0.25, 0.3) is 5.56 Å². The Bertz CT molecular complexity index is 1930. The largest absolute Gasteiger partial charge is 0.324 e. The molecule has 3 aromatic carbocycles. The Labute approximate surface area is 254 Å². The maximum absolute atomic E-state index is 13.5. The summed E-state index contributed by atoms with van der Waals surface area (Å²) >= 11 is 12.6. The van der Waals surface area contributed by atoms with Crippen molar-refractivity contribution in [3.05, 3.63) is 97.9 Å². The summed E-state index contributed by atoms with van der Waals surface area (Å²) in [6.45, 7) is 6.26. The van der Waals surface area contributed by atoms with Crippen LogP contribution in [0.2, 0.25) is 10.0 Å². The molecule has 0 spiro atoms. The summed E-state index contributed by atoms with van der Waals surface area (Å²) in [5, 5.41) is 6.84. The van der Waals surface area contributed by atoms with E-state index < -0.39 is 7.14 Å². The standard InChI is InChI=1S/C32H32Cl2N5O2P/c1-20-18-22(33)19-25(34)29(20)37-32-36-27-12-11-24-21(2)26(35-31(40)28(24)30(27)38(32)3)10-7-13-39-14-16-42(41,17-15-39)23-8-5-4-6-9-23/h4-12,18-19H,13-17H2,1-3H3,(H,35,40)(H,36,37). The number of aryl methyl sites for hydroxylation is 3. The normalized spacial score (nSPS) is 15.6. The van der Waals surface area contributed by atoms with Crippen LogP contribution in [0.15, 0.2) is 65.5 Å². The number of nitrogens with zero attached hydrogens (tertiary/aromatic N) is 3. The topological polar surface area (TPSA) is 83.0 Å². The van der Waals surface area contributed by atoms with Crippen molar-refractivity contribution in [2.45, 2.75) is 13.8 Å². The van der Waals surface area contributed by atoms with Crippen molar-refractivity contribution < 1.29 is 4.57 Å². The van der Waals surface area contributed by atoms with Crippen molar-refractivity contribution in [2.75, 3.05) is 37.3 Å². The van der Waals surface area contributed by atoms with Gasteiger partial charge in [-0.15, -0.1) is 0 Å². The van der Waals surface area contributed by atoms with Crippen LogP contribution < -0.4 is 16.2 Å². The highest BCUT2D eigenvalue weighted by Gasteiger charge is 2.29. The summed E-state index contributed by atoms with van der Waals surface area (Å²) in [7, 11) is -0.439. The van der Waals surface area contributed by atoms with Gasteiger partial charge in [-0.25, -0.2) is 4.98 Å². The number of imidazole rings is 1. The molecule has 6 rings (SSSR count). The Hall–Kier alpha value is -3.35. The predicted molar refractivity (Wildman–Crippen MR) is 177 cm³/mol. The zero-order valence-electron chi connectivity index (χ0n) is 23.7. The van der Waals surface area contributed by atoms with Crippen LogP contribution in [0, 0.1) is 13.8 Å². The number of hydrogen-bond donors (Lipinski definition) is 2. The van der Waals surface area contributed by atoms with Gasteiger partial charge in [0.2, 0.25) is 5.95 Å². The number of hydrogen-bond acceptors (Lipinski definition) is 5. The fourth-order valence-corrected chi connectivity index (χ4v) is 9.12. The minimum atomic E-state index is -2.32. The lowest BCUT2D eigenvalue weighted by atomic mass is 10.0. The molecule has 1 aliphatic rings. The molecule has 10 heteroatoms. The third-order valence-corrected chi connectivity index (χ3v) is 11.8. The Morgan fingerprint density at radius 1 is 1.07 bits per heavy atom. The van der Waals surface area contributed by atoms with Crippen LogP contribution in [0.5, 0.6) is 0 Å². The van der Waals surface area contributed by atoms with Crippen LogP contribution in [-0.4, -0.2) is 51.4 Å². The van der Waals surface area contributed by atoms with E-state index in [9.17, 15) is 9.36 Å². The number of anilines is 2. The molecule has 2 N–H and O–H groups in total. The number of nitrogens with one attached hydrogen (secondary N) is 2. The number of aromatic amines is 1. The first-order valence-corrected chi connectivity index (χ1v) is 16.8. The molecule has 0 atom stereocenters. The molecule has 0 aliphatic carbocycles. The van der Waals surface area contributed by atoms with Crippen LogP contribution in [-0.2, 0) is 11.6 Å². The van der Waals surface area contributed by atoms with Gasteiger partial charge < -0.3 is 19.4 Å². The average molecular weight is 621 g/mol. The molecule has 2 aromatic heterocycles. The Morgan fingerprint density at radius 2 is 1.81 bits per heavy atom. The first-order valence-electron chi connectivity index (χ1n) is 13.9. The molecule has 0 bridgehead atoms. The monoisotopic (exact) mass is 619 g/mol. The third kappa shape index (κ3) is 5.31. The van der Waals surface area contributed by atoms with E-state index >= 15 is 0 Å². The predicted octanol–water partition coefficient (Wildman–Crippen LogP) is 7.10. The van der Waals surface area contributed by atoms with Gasteiger partial charge in [-0.1, -0.05) is 65.7 Å². The number of aromatic nitrogens is 3. The van der Waals surface area contributed by atoms with Gasteiger partial charge in [-0.05, 0) is 54.6 Å². The summed E-state index contributed by atoms with van der Waals surface area (Å²) in [4.78, 5) is 23.6. The molecule has 5 aromatic rings. The summed E-state index contributed by atoms with van der Waals surface area (Å²) in [5.74, 6) is 0.573. The van der Waals surface area contributed by atoms with Crippen LogP contribution >= 0.6 is 30.3 Å². The quantitative estimate of drug-likeness (QED) is 0.198. The molecule has 0 saturated carbocycles. The lowest BCUT2D eigenvalue weighted by molar-refractivity contribution is 0.328. The molecule has 0 amide bonds. The molecule has 1 saturated heterocycles. The van der Waals surface area contributed by atoms with Gasteiger partial charge in [-0.2, -0.15) is 0 Å². The molecular formula is C32H32Cl2N5O2P. The van der Waals surface area contributed by atoms with E-state index in [2.05, 4.69) is 21.3 Å². The van der Waals surface area contributed by atoms with Gasteiger partial charge in [-0.3, -0.25) is 9.69 Å². The van der Waals surface area contributed by atoms with Gasteiger partial charge in [0.1, 0.15) is 7.14 Å². The first-order chi connectivity index (χ1) is 20.1. The van der Waals surface area contributed by atoms with Crippen LogP contribution in [0.4, 0.5) is 11.6 Å². The molecule has 1 aliphatic heterocycles. The van der Waals surface area contributed by atoms with E-state index in [-0.39, 0.29) is 5.56 Å². The van der Waals surface area contributed by atoms with Gasteiger partial charge in [0.05, 0.1) is 27.1 Å². The fraction of sp³-hybridized carbons (Fsp3) is 0.250. The van der Waals surface area contributed by atoms with Crippen LogP contribution in [0.3, 0.4) is 0 Å². The maximum Gasteiger partial charge on any atom is 0.258 e. The van der Waals surface area contributed by atoms with E-state index in [1.54, 1.807) is 6.07 Å². The van der Waals surface area contributed by atoms with Crippen LogP contribution in [0.1, 0.15) is 16.8 Å². The van der Waals surface area contributed by atoms with E-state index in [0.29, 0.717) is 39.2 Å². The van der Waals surface area contributed by atoms with Crippen LogP contribution in [0.25, 0.3) is 27.9 Å². The summed E-state index contributed by atoms with van der Waals surface area (Å²) < 4.78 is 15.3. The van der Waals surface area contributed by atoms with Crippen molar-refractivity contribution in [3.8, 4) is 0 Å². The second-order valence-corrected chi connectivity index (χ2v) is 15.0. The van der Waals surface area contributed by atoms with E-state index in [1.807, 2.05) is 80.1 Å². The number of rotatable bonds is 6. The molecule has 0 radical (unpaired) electrons. The molecule has 0 unspecified atom stereocenters. The van der Waals surface area contributed by atoms with E-state index in [4.69, 9.17) is 28.2 Å². The number of halogens is 2. The summed E-state index contributed by atoms with van der Waals surface area (Å²) in [5.41, 5.74) is 4.67. The Morgan fingerprint density at radius 3 is 2.52 bits per heavy atom. The van der Waals surface area contributed by atoms with Crippen molar-refractivity contribution in [1.82, 2.24) is 19.4 Å². The highest BCUT2D eigenvalue weighted by molar-refractivity contribution is 7.71. The molecule has 3 heterocycles. The Balaban J connectivity index is 1.24. The lowest BCUT2D eigenvalue weighted by Crippen LogP contribution is -2.37. The number of pyridine rings is 1. The minimum absolute atomic E-state index is 0.169. The minimum Gasteiger partial charge on any atom is -0.324 e. The van der Waals surface area contributed by atoms with Gasteiger partial charge in [0.15, 0.2) is 0 Å². The van der Waals surface area contributed by atoms with Gasteiger partial charge in [0, 0.05) is 55.0 Å². The SMILES string of the molecule is Cc1cc(Cl)cc(Cl)c1Nc1nc2ccc3c(C)c(C=CCN4CCP(=O)(c5ccccc5)CC4)[nH]c(=O)c3c2n1C. The smallest absolute Gasteiger partial charge is 0.258 e. The summed E-state index contributed by atoms with van der Waals surface area (Å²) in [6, 6.07) is 17.3. The number of benzene rings is 3. The highest BCUT2D eigenvalue weighted by Crippen LogP contribution is 2.46. The molecular weight excluding hydrogens is 588 g/mol. The third-order valence-electron chi connectivity index (χ3n) is 8.24. The zero-order valence-corrected chi connectivity index (χ0v) is 26.2. The lowest BCUT2D eigenvalue weighted by Gasteiger charge is -2.31. The fourth-order valence-electron chi connectivity index (χ4n) is 5.81. The van der Waals surface area contributed by atoms with Crippen molar-refractivity contribution in [2.24, 2.45) is 7.05 Å². The maximum atomic E-state index is 13.5. The number of H-pyrrole nitrogens is 1. The number of fused-ring (bicyclic) bond motifs is 3. The molecule has 1 fully saturated rings. The Kier molecular flexibility index (Phi) is 7.79. The molecule has 42 heavy (non-hydrogen) atoms. The highest BCUT2D eigenvalue weighted by atomic mass is 35.5.